The molecular weight excluding hydrogens is 284 g/mol. The minimum Gasteiger partial charge on any atom is -0.379 e. The topological polar surface area (TPSA) is 82.7 Å². The maximum Gasteiger partial charge on any atom is 0.319 e. The smallest absolute Gasteiger partial charge is 0.319 e. The number of urea groups is 1. The molecule has 3 N–H and O–H groups in total. The minimum absolute atomic E-state index is 0.0399. The van der Waals surface area contributed by atoms with Crippen molar-refractivity contribution in [3.63, 3.8) is 0 Å². The molecule has 1 fully saturated rings. The molecule has 1 aromatic carbocycles. The Bertz CT molecular complexity index is 475. The number of anilines is 1. The molecular formula is C15H22N4O3. The number of carbonyl (C=O) groups excluding carboxylic acids is 2. The number of ether oxygens (including phenoxy) is 1. The molecule has 1 aromatic rings. The number of carbonyl (C=O) groups is 2. The number of morpholine rings is 1. The predicted octanol–water partition coefficient (Wildman–Crippen LogP) is 0.256. The summed E-state index contributed by atoms with van der Waals surface area (Å²) in [5.41, 5.74) is 0.688. The van der Waals surface area contributed by atoms with E-state index in [0.29, 0.717) is 12.2 Å². The lowest BCUT2D eigenvalue weighted by atomic mass is 10.3. The fourth-order valence-corrected chi connectivity index (χ4v) is 2.10. The molecule has 22 heavy (non-hydrogen) atoms. The Morgan fingerprint density at radius 1 is 1.09 bits per heavy atom. The average molecular weight is 306 g/mol. The lowest BCUT2D eigenvalue weighted by molar-refractivity contribution is -0.120. The van der Waals surface area contributed by atoms with E-state index in [1.165, 1.54) is 0 Å². The molecule has 0 bridgehead atoms. The Morgan fingerprint density at radius 2 is 1.82 bits per heavy atom. The molecule has 0 aliphatic carbocycles. The van der Waals surface area contributed by atoms with Gasteiger partial charge in [-0.1, -0.05) is 18.2 Å². The van der Waals surface area contributed by atoms with E-state index in [9.17, 15) is 9.59 Å². The normalized spacial score (nSPS) is 15.1. The van der Waals surface area contributed by atoms with Gasteiger partial charge in [0.25, 0.3) is 0 Å². The molecule has 3 amide bonds. The Hall–Kier alpha value is -2.12. The van der Waals surface area contributed by atoms with Crippen LogP contribution in [0.4, 0.5) is 10.5 Å². The maximum atomic E-state index is 11.6. The first-order valence-corrected chi connectivity index (χ1v) is 7.41. The molecule has 7 heteroatoms. The zero-order chi connectivity index (χ0) is 15.6. The average Bonchev–Trinajstić information content (AvgIpc) is 2.55. The summed E-state index contributed by atoms with van der Waals surface area (Å²) in [5, 5.41) is 7.96. The van der Waals surface area contributed by atoms with Crippen molar-refractivity contribution in [2.24, 2.45) is 0 Å². The van der Waals surface area contributed by atoms with E-state index in [1.54, 1.807) is 12.1 Å². The number of hydrogen-bond donors (Lipinski definition) is 3. The number of nitrogens with one attached hydrogen (secondary N) is 3. The van der Waals surface area contributed by atoms with Gasteiger partial charge in [0.05, 0.1) is 19.8 Å². The molecule has 2 rings (SSSR count). The van der Waals surface area contributed by atoms with Gasteiger partial charge >= 0.3 is 6.03 Å². The molecule has 1 heterocycles. The monoisotopic (exact) mass is 306 g/mol. The minimum atomic E-state index is -0.394. The number of amides is 3. The number of rotatable bonds is 6. The van der Waals surface area contributed by atoms with Gasteiger partial charge in [-0.15, -0.1) is 0 Å². The summed E-state index contributed by atoms with van der Waals surface area (Å²) < 4.78 is 5.26. The van der Waals surface area contributed by atoms with Crippen LogP contribution in [-0.4, -0.2) is 62.8 Å². The second-order valence-electron chi connectivity index (χ2n) is 4.98. The van der Waals surface area contributed by atoms with Crippen molar-refractivity contribution in [3.05, 3.63) is 30.3 Å². The SMILES string of the molecule is O=C(CNC(=O)Nc1ccccc1)NCCN1CCOCC1. The van der Waals surface area contributed by atoms with Crippen molar-refractivity contribution in [1.82, 2.24) is 15.5 Å². The van der Waals surface area contributed by atoms with Crippen LogP contribution in [0.2, 0.25) is 0 Å². The van der Waals surface area contributed by atoms with Crippen LogP contribution in [0.15, 0.2) is 30.3 Å². The van der Waals surface area contributed by atoms with Crippen LogP contribution in [0.5, 0.6) is 0 Å². The zero-order valence-electron chi connectivity index (χ0n) is 12.5. The highest BCUT2D eigenvalue weighted by atomic mass is 16.5. The molecule has 1 aliphatic heterocycles. The van der Waals surface area contributed by atoms with E-state index in [1.807, 2.05) is 18.2 Å². The van der Waals surface area contributed by atoms with Gasteiger partial charge in [-0.3, -0.25) is 9.69 Å². The lowest BCUT2D eigenvalue weighted by Crippen LogP contribution is -2.44. The Kier molecular flexibility index (Phi) is 6.66. The van der Waals surface area contributed by atoms with Crippen molar-refractivity contribution in [3.8, 4) is 0 Å². The highest BCUT2D eigenvalue weighted by Gasteiger charge is 2.10. The quantitative estimate of drug-likeness (QED) is 0.704. The van der Waals surface area contributed by atoms with Crippen LogP contribution < -0.4 is 16.0 Å². The standard InChI is InChI=1S/C15H22N4O3/c20-14(16-6-7-19-8-10-22-11-9-19)12-17-15(21)18-13-4-2-1-3-5-13/h1-5H,6-12H2,(H,16,20)(H2,17,18,21). The van der Waals surface area contributed by atoms with Crippen LogP contribution in [-0.2, 0) is 9.53 Å². The molecule has 0 atom stereocenters. The summed E-state index contributed by atoms with van der Waals surface area (Å²) in [4.78, 5) is 25.5. The first-order chi connectivity index (χ1) is 10.7. The molecule has 0 radical (unpaired) electrons. The molecule has 0 spiro atoms. The van der Waals surface area contributed by atoms with E-state index in [4.69, 9.17) is 4.74 Å². The van der Waals surface area contributed by atoms with Gasteiger partial charge in [-0.2, -0.15) is 0 Å². The van der Waals surface area contributed by atoms with Gasteiger partial charge in [0, 0.05) is 31.9 Å². The number of nitrogens with zero attached hydrogens (tertiary/aromatic N) is 1. The van der Waals surface area contributed by atoms with Gasteiger partial charge in [-0.25, -0.2) is 4.79 Å². The molecule has 0 saturated carbocycles. The predicted molar refractivity (Wildman–Crippen MR) is 83.7 cm³/mol. The first-order valence-electron chi connectivity index (χ1n) is 7.41. The third kappa shape index (κ3) is 6.11. The van der Waals surface area contributed by atoms with Gasteiger partial charge in [-0.05, 0) is 12.1 Å². The third-order valence-electron chi connectivity index (χ3n) is 3.30. The Morgan fingerprint density at radius 3 is 2.55 bits per heavy atom. The Labute approximate surface area is 130 Å². The van der Waals surface area contributed by atoms with E-state index < -0.39 is 6.03 Å². The molecule has 120 valence electrons. The summed E-state index contributed by atoms with van der Waals surface area (Å²) in [6, 6.07) is 8.69. The summed E-state index contributed by atoms with van der Waals surface area (Å²) in [5.74, 6) is -0.198. The molecule has 1 saturated heterocycles. The number of benzene rings is 1. The van der Waals surface area contributed by atoms with Crippen LogP contribution in [0.25, 0.3) is 0 Å². The van der Waals surface area contributed by atoms with Crippen molar-refractivity contribution in [2.45, 2.75) is 0 Å². The van der Waals surface area contributed by atoms with Crippen molar-refractivity contribution in [1.29, 1.82) is 0 Å². The van der Waals surface area contributed by atoms with E-state index in [2.05, 4.69) is 20.9 Å². The maximum absolute atomic E-state index is 11.6. The van der Waals surface area contributed by atoms with E-state index >= 15 is 0 Å². The van der Waals surface area contributed by atoms with Gasteiger partial charge in [0.15, 0.2) is 0 Å². The summed E-state index contributed by atoms with van der Waals surface area (Å²) >= 11 is 0. The van der Waals surface area contributed by atoms with Crippen molar-refractivity contribution in [2.75, 3.05) is 51.3 Å². The van der Waals surface area contributed by atoms with Crippen LogP contribution >= 0.6 is 0 Å². The molecule has 1 aliphatic rings. The molecule has 0 unspecified atom stereocenters. The van der Waals surface area contributed by atoms with Crippen molar-refractivity contribution < 1.29 is 14.3 Å². The summed E-state index contributed by atoms with van der Waals surface area (Å²) in [6.07, 6.45) is 0. The van der Waals surface area contributed by atoms with E-state index in [0.717, 1.165) is 32.8 Å². The van der Waals surface area contributed by atoms with Gasteiger partial charge in [0.2, 0.25) is 5.91 Å². The third-order valence-corrected chi connectivity index (χ3v) is 3.30. The highest BCUT2D eigenvalue weighted by Crippen LogP contribution is 2.03. The van der Waals surface area contributed by atoms with Crippen molar-refractivity contribution >= 4 is 17.6 Å². The second-order valence-corrected chi connectivity index (χ2v) is 4.98. The Balaban J connectivity index is 1.56. The molecule has 7 nitrogen and oxygen atoms in total. The van der Waals surface area contributed by atoms with E-state index in [-0.39, 0.29) is 12.5 Å². The number of hydrogen-bond acceptors (Lipinski definition) is 4. The summed E-state index contributed by atoms with van der Waals surface area (Å²) in [6.45, 7) is 4.61. The van der Waals surface area contributed by atoms with Crippen LogP contribution in [0.3, 0.4) is 0 Å². The van der Waals surface area contributed by atoms with Gasteiger partial charge < -0.3 is 20.7 Å². The second kappa shape index (κ2) is 9.01. The molecule has 0 aromatic heterocycles. The fraction of sp³-hybridized carbons (Fsp3) is 0.467. The number of para-hydroxylation sites is 1. The zero-order valence-corrected chi connectivity index (χ0v) is 12.5. The largest absolute Gasteiger partial charge is 0.379 e. The fourth-order valence-electron chi connectivity index (χ4n) is 2.10. The van der Waals surface area contributed by atoms with Gasteiger partial charge in [0.1, 0.15) is 0 Å². The van der Waals surface area contributed by atoms with Crippen LogP contribution in [0, 0.1) is 0 Å². The lowest BCUT2D eigenvalue weighted by Gasteiger charge is -2.26. The van der Waals surface area contributed by atoms with Crippen LogP contribution in [0.1, 0.15) is 0 Å². The summed E-state index contributed by atoms with van der Waals surface area (Å²) in [7, 11) is 0. The first kappa shape index (κ1) is 16.3. The highest BCUT2D eigenvalue weighted by molar-refractivity contribution is 5.92.